The molecule has 1 aliphatic rings. The van der Waals surface area contributed by atoms with Crippen LogP contribution >= 0.6 is 0 Å². The lowest BCUT2D eigenvalue weighted by Crippen LogP contribution is -1.97. The van der Waals surface area contributed by atoms with Crippen LogP contribution in [0.4, 0.5) is 11.6 Å². The van der Waals surface area contributed by atoms with Crippen LogP contribution in [0.3, 0.4) is 0 Å². The summed E-state index contributed by atoms with van der Waals surface area (Å²) < 4.78 is 5.52. The molecule has 0 bridgehead atoms. The van der Waals surface area contributed by atoms with Gasteiger partial charge in [-0.15, -0.1) is 0 Å². The lowest BCUT2D eigenvalue weighted by Gasteiger charge is -2.10. The number of ether oxygens (including phenoxy) is 1. The second-order valence-electron chi connectivity index (χ2n) is 5.96. The fourth-order valence-corrected chi connectivity index (χ4v) is 3.20. The molecule has 1 atom stereocenters. The third-order valence-electron chi connectivity index (χ3n) is 4.47. The summed E-state index contributed by atoms with van der Waals surface area (Å²) in [6.07, 6.45) is 6.09. The van der Waals surface area contributed by atoms with E-state index in [2.05, 4.69) is 33.5 Å². The number of fused-ring (bicyclic) bond motifs is 1. The first-order valence-corrected chi connectivity index (χ1v) is 8.13. The van der Waals surface area contributed by atoms with E-state index in [4.69, 9.17) is 4.74 Å². The largest absolute Gasteiger partial charge is 0.377 e. The van der Waals surface area contributed by atoms with Crippen molar-refractivity contribution in [3.8, 4) is 11.1 Å². The second kappa shape index (κ2) is 6.42. The summed E-state index contributed by atoms with van der Waals surface area (Å²) in [5.74, 6) is 0.602. The van der Waals surface area contributed by atoms with Gasteiger partial charge in [0, 0.05) is 30.8 Å². The normalized spacial score (nSPS) is 16.0. The topological polar surface area (TPSA) is 47.0 Å². The van der Waals surface area contributed by atoms with Gasteiger partial charge in [-0.1, -0.05) is 36.4 Å². The Morgan fingerprint density at radius 1 is 1.00 bits per heavy atom. The average molecular weight is 317 g/mol. The van der Waals surface area contributed by atoms with Crippen molar-refractivity contribution in [3.05, 3.63) is 72.1 Å². The van der Waals surface area contributed by atoms with Crippen molar-refractivity contribution in [2.24, 2.45) is 0 Å². The van der Waals surface area contributed by atoms with Crippen molar-refractivity contribution >= 4 is 11.6 Å². The molecule has 0 radical (unpaired) electrons. The summed E-state index contributed by atoms with van der Waals surface area (Å²) in [4.78, 5) is 8.86. The zero-order valence-corrected chi connectivity index (χ0v) is 13.6. The average Bonchev–Trinajstić information content (AvgIpc) is 3.05. The minimum Gasteiger partial charge on any atom is -0.377 e. The number of aryl methyl sites for hydroxylation is 1. The molecule has 120 valence electrons. The zero-order valence-electron chi connectivity index (χ0n) is 13.6. The number of hydrogen-bond donors (Lipinski definition) is 1. The number of rotatable bonds is 4. The van der Waals surface area contributed by atoms with Crippen LogP contribution in [0.25, 0.3) is 11.1 Å². The lowest BCUT2D eigenvalue weighted by molar-refractivity contribution is 0.105. The van der Waals surface area contributed by atoms with Gasteiger partial charge < -0.3 is 10.1 Å². The van der Waals surface area contributed by atoms with E-state index in [1.165, 1.54) is 11.1 Å². The van der Waals surface area contributed by atoms with Crippen LogP contribution in [0.2, 0.25) is 0 Å². The van der Waals surface area contributed by atoms with Gasteiger partial charge in [0.05, 0.1) is 6.10 Å². The highest BCUT2D eigenvalue weighted by atomic mass is 16.5. The maximum atomic E-state index is 5.52. The molecule has 4 rings (SSSR count). The summed E-state index contributed by atoms with van der Waals surface area (Å²) in [5, 5.41) is 3.20. The number of benzene rings is 2. The molecule has 0 amide bonds. The first-order chi connectivity index (χ1) is 11.8. The van der Waals surface area contributed by atoms with Gasteiger partial charge >= 0.3 is 0 Å². The Balaban J connectivity index is 1.55. The predicted molar refractivity (Wildman–Crippen MR) is 95.3 cm³/mol. The maximum Gasteiger partial charge on any atom is 0.227 e. The van der Waals surface area contributed by atoms with Crippen molar-refractivity contribution in [3.63, 3.8) is 0 Å². The van der Waals surface area contributed by atoms with Crippen LogP contribution in [0.15, 0.2) is 60.9 Å². The fourth-order valence-electron chi connectivity index (χ4n) is 3.20. The summed E-state index contributed by atoms with van der Waals surface area (Å²) in [5.41, 5.74) is 5.83. The zero-order chi connectivity index (χ0) is 16.4. The van der Waals surface area contributed by atoms with E-state index in [1.807, 2.05) is 42.7 Å². The van der Waals surface area contributed by atoms with Crippen LogP contribution in [-0.4, -0.2) is 17.1 Å². The van der Waals surface area contributed by atoms with Gasteiger partial charge in [-0.3, -0.25) is 0 Å². The Bertz CT molecular complexity index is 831. The van der Waals surface area contributed by atoms with Crippen LogP contribution in [0.1, 0.15) is 23.7 Å². The van der Waals surface area contributed by atoms with Crippen LogP contribution in [0.5, 0.6) is 0 Å². The molecule has 0 fully saturated rings. The number of methoxy groups -OCH3 is 1. The van der Waals surface area contributed by atoms with Crippen molar-refractivity contribution in [1.82, 2.24) is 9.97 Å². The summed E-state index contributed by atoms with van der Waals surface area (Å²) in [6.45, 7) is 0. The third kappa shape index (κ3) is 2.88. The van der Waals surface area contributed by atoms with Crippen molar-refractivity contribution in [2.75, 3.05) is 12.4 Å². The molecule has 24 heavy (non-hydrogen) atoms. The molecule has 0 saturated carbocycles. The molecule has 0 saturated heterocycles. The molecule has 1 aliphatic carbocycles. The SMILES string of the molecule is CO[C@H]1CCc2cc(-c3cnc(Nc4ccccc4)nc3)ccc21. The molecule has 0 unspecified atom stereocenters. The minimum absolute atomic E-state index is 0.239. The van der Waals surface area contributed by atoms with Crippen LogP contribution in [-0.2, 0) is 11.2 Å². The summed E-state index contributed by atoms with van der Waals surface area (Å²) in [7, 11) is 1.78. The molecule has 3 aromatic rings. The number of para-hydroxylation sites is 1. The highest BCUT2D eigenvalue weighted by Gasteiger charge is 2.22. The van der Waals surface area contributed by atoms with Crippen molar-refractivity contribution < 1.29 is 4.74 Å². The van der Waals surface area contributed by atoms with Gasteiger partial charge in [-0.25, -0.2) is 9.97 Å². The Kier molecular flexibility index (Phi) is 3.97. The molecule has 1 heterocycles. The molecular formula is C20H19N3O. The molecule has 0 aliphatic heterocycles. The quantitative estimate of drug-likeness (QED) is 0.768. The molecule has 2 aromatic carbocycles. The van der Waals surface area contributed by atoms with Gasteiger partial charge in [-0.2, -0.15) is 0 Å². The first kappa shape index (κ1) is 14.8. The minimum atomic E-state index is 0.239. The first-order valence-electron chi connectivity index (χ1n) is 8.13. The Hall–Kier alpha value is -2.72. The number of anilines is 2. The molecule has 1 N–H and O–H groups in total. The van der Waals surface area contributed by atoms with Crippen molar-refractivity contribution in [2.45, 2.75) is 18.9 Å². The molecule has 4 nitrogen and oxygen atoms in total. The highest BCUT2D eigenvalue weighted by molar-refractivity contribution is 5.65. The maximum absolute atomic E-state index is 5.52. The van der Waals surface area contributed by atoms with E-state index in [0.29, 0.717) is 5.95 Å². The van der Waals surface area contributed by atoms with E-state index >= 15 is 0 Å². The van der Waals surface area contributed by atoms with E-state index in [9.17, 15) is 0 Å². The van der Waals surface area contributed by atoms with Gasteiger partial charge in [0.2, 0.25) is 5.95 Å². The Morgan fingerprint density at radius 3 is 2.54 bits per heavy atom. The molecule has 1 aromatic heterocycles. The number of nitrogens with zero attached hydrogens (tertiary/aromatic N) is 2. The van der Waals surface area contributed by atoms with Crippen LogP contribution < -0.4 is 5.32 Å². The Labute approximate surface area is 141 Å². The smallest absolute Gasteiger partial charge is 0.227 e. The van der Waals surface area contributed by atoms with E-state index in [0.717, 1.165) is 29.7 Å². The molecule has 4 heteroatoms. The number of aromatic nitrogens is 2. The van der Waals surface area contributed by atoms with Gasteiger partial charge in [-0.05, 0) is 41.7 Å². The summed E-state index contributed by atoms with van der Waals surface area (Å²) >= 11 is 0. The van der Waals surface area contributed by atoms with Gasteiger partial charge in [0.25, 0.3) is 0 Å². The van der Waals surface area contributed by atoms with E-state index in [-0.39, 0.29) is 6.10 Å². The molecule has 0 spiro atoms. The fraction of sp³-hybridized carbons (Fsp3) is 0.200. The van der Waals surface area contributed by atoms with Crippen molar-refractivity contribution in [1.29, 1.82) is 0 Å². The molecular weight excluding hydrogens is 298 g/mol. The van der Waals surface area contributed by atoms with E-state index in [1.54, 1.807) is 7.11 Å². The van der Waals surface area contributed by atoms with E-state index < -0.39 is 0 Å². The summed E-state index contributed by atoms with van der Waals surface area (Å²) in [6, 6.07) is 16.5. The predicted octanol–water partition coefficient (Wildman–Crippen LogP) is 4.52. The van der Waals surface area contributed by atoms with Crippen LogP contribution in [0, 0.1) is 0 Å². The lowest BCUT2D eigenvalue weighted by atomic mass is 10.0. The Morgan fingerprint density at radius 2 is 1.79 bits per heavy atom. The third-order valence-corrected chi connectivity index (χ3v) is 4.47. The second-order valence-corrected chi connectivity index (χ2v) is 5.96. The monoisotopic (exact) mass is 317 g/mol. The standard InChI is InChI=1S/C20H19N3O/c1-24-19-10-8-15-11-14(7-9-18(15)19)16-12-21-20(22-13-16)23-17-5-3-2-4-6-17/h2-7,9,11-13,19H,8,10H2,1H3,(H,21,22,23)/t19-/m0/s1. The number of hydrogen-bond acceptors (Lipinski definition) is 4. The number of nitrogens with one attached hydrogen (secondary N) is 1. The van der Waals surface area contributed by atoms with Gasteiger partial charge in [0.15, 0.2) is 0 Å². The van der Waals surface area contributed by atoms with Gasteiger partial charge in [0.1, 0.15) is 0 Å². The highest BCUT2D eigenvalue weighted by Crippen LogP contribution is 2.35.